The van der Waals surface area contributed by atoms with Crippen LogP contribution in [0, 0.1) is 5.82 Å². The average molecular weight is 282 g/mol. The Kier molecular flexibility index (Phi) is 4.10. The minimum Gasteiger partial charge on any atom is -0.396 e. The average Bonchev–Trinajstić information content (AvgIpc) is 2.70. The Morgan fingerprint density at radius 3 is 2.68 bits per heavy atom. The van der Waals surface area contributed by atoms with E-state index in [1.54, 1.807) is 16.8 Å². The second-order valence-electron chi connectivity index (χ2n) is 4.38. The maximum atomic E-state index is 13.9. The zero-order valence-electron chi connectivity index (χ0n) is 11.1. The van der Waals surface area contributed by atoms with Crippen molar-refractivity contribution in [2.75, 3.05) is 5.73 Å². The van der Waals surface area contributed by atoms with E-state index in [2.05, 4.69) is 5.10 Å². The SMILES string of the molecule is CCc1nn(Cc2cccc(Cl)c2F)c(CC)c1N. The predicted octanol–water partition coefficient (Wildman–Crippen LogP) is 3.43. The number of rotatable bonds is 4. The molecular formula is C14H17ClFN3. The lowest BCUT2D eigenvalue weighted by molar-refractivity contribution is 0.574. The standard InChI is InChI=1S/C14H17ClFN3/c1-3-11-14(17)12(4-2)19(18-11)8-9-6-5-7-10(15)13(9)16/h5-7H,3-4,8,17H2,1-2H3. The number of aromatic nitrogens is 2. The first-order valence-electron chi connectivity index (χ1n) is 6.35. The topological polar surface area (TPSA) is 43.8 Å². The van der Waals surface area contributed by atoms with Crippen molar-refractivity contribution in [1.29, 1.82) is 0 Å². The number of aryl methyl sites for hydroxylation is 1. The quantitative estimate of drug-likeness (QED) is 0.933. The number of nitrogens with zero attached hydrogens (tertiary/aromatic N) is 2. The summed E-state index contributed by atoms with van der Waals surface area (Å²) in [5.74, 6) is -0.390. The van der Waals surface area contributed by atoms with E-state index >= 15 is 0 Å². The normalized spacial score (nSPS) is 10.9. The van der Waals surface area contributed by atoms with Crippen LogP contribution < -0.4 is 5.73 Å². The molecule has 0 saturated heterocycles. The lowest BCUT2D eigenvalue weighted by Gasteiger charge is -2.08. The van der Waals surface area contributed by atoms with Crippen LogP contribution in [0.25, 0.3) is 0 Å². The van der Waals surface area contributed by atoms with Gasteiger partial charge in [-0.25, -0.2) is 4.39 Å². The van der Waals surface area contributed by atoms with Crippen LogP contribution in [0.4, 0.5) is 10.1 Å². The van der Waals surface area contributed by atoms with Gasteiger partial charge in [0, 0.05) is 5.56 Å². The third-order valence-corrected chi connectivity index (χ3v) is 3.49. The highest BCUT2D eigenvalue weighted by Gasteiger charge is 2.14. The fourth-order valence-electron chi connectivity index (χ4n) is 2.16. The fraction of sp³-hybridized carbons (Fsp3) is 0.357. The summed E-state index contributed by atoms with van der Waals surface area (Å²) in [5.41, 5.74) is 9.08. The summed E-state index contributed by atoms with van der Waals surface area (Å²) in [6.45, 7) is 4.36. The van der Waals surface area contributed by atoms with Gasteiger partial charge in [0.05, 0.1) is 28.6 Å². The summed E-state index contributed by atoms with van der Waals surface area (Å²) in [6, 6.07) is 4.99. The molecular weight excluding hydrogens is 265 g/mol. The van der Waals surface area contributed by atoms with Crippen LogP contribution in [0.2, 0.25) is 5.02 Å². The van der Waals surface area contributed by atoms with Crippen molar-refractivity contribution >= 4 is 17.3 Å². The van der Waals surface area contributed by atoms with E-state index in [-0.39, 0.29) is 5.02 Å². The molecule has 0 aliphatic heterocycles. The molecule has 19 heavy (non-hydrogen) atoms. The molecule has 0 aliphatic carbocycles. The fourth-order valence-corrected chi connectivity index (χ4v) is 2.36. The van der Waals surface area contributed by atoms with Crippen LogP contribution >= 0.6 is 11.6 Å². The highest BCUT2D eigenvalue weighted by Crippen LogP contribution is 2.22. The Labute approximate surface area is 117 Å². The van der Waals surface area contributed by atoms with Crippen molar-refractivity contribution in [2.24, 2.45) is 0 Å². The Hall–Kier alpha value is -1.55. The second-order valence-corrected chi connectivity index (χ2v) is 4.79. The van der Waals surface area contributed by atoms with Gasteiger partial charge in [0.1, 0.15) is 5.82 Å². The molecule has 0 unspecified atom stereocenters. The van der Waals surface area contributed by atoms with Crippen LogP contribution in [-0.4, -0.2) is 9.78 Å². The molecule has 0 atom stereocenters. The molecule has 2 aromatic rings. The van der Waals surface area contributed by atoms with Crippen LogP contribution in [0.1, 0.15) is 30.8 Å². The van der Waals surface area contributed by atoms with Gasteiger partial charge in [-0.15, -0.1) is 0 Å². The van der Waals surface area contributed by atoms with Gasteiger partial charge >= 0.3 is 0 Å². The van der Waals surface area contributed by atoms with E-state index in [0.29, 0.717) is 17.8 Å². The summed E-state index contributed by atoms with van der Waals surface area (Å²) in [7, 11) is 0. The number of nitrogens with two attached hydrogens (primary N) is 1. The van der Waals surface area contributed by atoms with Crippen molar-refractivity contribution in [1.82, 2.24) is 9.78 Å². The molecule has 0 saturated carbocycles. The van der Waals surface area contributed by atoms with E-state index in [9.17, 15) is 4.39 Å². The van der Waals surface area contributed by atoms with E-state index in [0.717, 1.165) is 24.2 Å². The van der Waals surface area contributed by atoms with E-state index in [1.807, 2.05) is 13.8 Å². The molecule has 0 amide bonds. The summed E-state index contributed by atoms with van der Waals surface area (Å²) in [5, 5.41) is 4.58. The molecule has 0 aliphatic rings. The smallest absolute Gasteiger partial charge is 0.146 e. The number of benzene rings is 1. The maximum Gasteiger partial charge on any atom is 0.146 e. The molecule has 2 N–H and O–H groups in total. The van der Waals surface area contributed by atoms with Gasteiger partial charge in [-0.3, -0.25) is 4.68 Å². The zero-order chi connectivity index (χ0) is 14.0. The lowest BCUT2D eigenvalue weighted by atomic mass is 10.2. The van der Waals surface area contributed by atoms with Crippen molar-refractivity contribution in [3.8, 4) is 0 Å². The van der Waals surface area contributed by atoms with Gasteiger partial charge in [0.15, 0.2) is 0 Å². The first-order valence-corrected chi connectivity index (χ1v) is 6.73. The first kappa shape index (κ1) is 13.9. The van der Waals surface area contributed by atoms with E-state index < -0.39 is 5.82 Å². The zero-order valence-corrected chi connectivity index (χ0v) is 11.8. The highest BCUT2D eigenvalue weighted by molar-refractivity contribution is 6.30. The number of nitrogen functional groups attached to an aromatic ring is 1. The lowest BCUT2D eigenvalue weighted by Crippen LogP contribution is -2.08. The Morgan fingerprint density at radius 2 is 2.05 bits per heavy atom. The van der Waals surface area contributed by atoms with Gasteiger partial charge in [0.2, 0.25) is 0 Å². The number of halogens is 2. The van der Waals surface area contributed by atoms with Crippen LogP contribution in [-0.2, 0) is 19.4 Å². The Balaban J connectivity index is 2.40. The van der Waals surface area contributed by atoms with Crippen molar-refractivity contribution < 1.29 is 4.39 Å². The van der Waals surface area contributed by atoms with E-state index in [1.165, 1.54) is 6.07 Å². The second kappa shape index (κ2) is 5.61. The first-order chi connectivity index (χ1) is 9.08. The van der Waals surface area contributed by atoms with Gasteiger partial charge in [-0.2, -0.15) is 5.10 Å². The summed E-state index contributed by atoms with van der Waals surface area (Å²) >= 11 is 5.79. The number of hydrogen-bond donors (Lipinski definition) is 1. The molecule has 0 bridgehead atoms. The number of anilines is 1. The van der Waals surface area contributed by atoms with Crippen molar-refractivity contribution in [3.05, 3.63) is 46.0 Å². The largest absolute Gasteiger partial charge is 0.396 e. The van der Waals surface area contributed by atoms with Gasteiger partial charge < -0.3 is 5.73 Å². The maximum absolute atomic E-state index is 13.9. The minimum absolute atomic E-state index is 0.131. The summed E-state index contributed by atoms with van der Waals surface area (Å²) in [6.07, 6.45) is 1.53. The highest BCUT2D eigenvalue weighted by atomic mass is 35.5. The molecule has 0 spiro atoms. The predicted molar refractivity (Wildman–Crippen MR) is 75.9 cm³/mol. The minimum atomic E-state index is -0.390. The Morgan fingerprint density at radius 1 is 1.32 bits per heavy atom. The molecule has 1 heterocycles. The molecule has 2 rings (SSSR count). The molecule has 3 nitrogen and oxygen atoms in total. The van der Waals surface area contributed by atoms with E-state index in [4.69, 9.17) is 17.3 Å². The van der Waals surface area contributed by atoms with Gasteiger partial charge in [0.25, 0.3) is 0 Å². The molecule has 0 fully saturated rings. The molecule has 1 aromatic heterocycles. The number of hydrogen-bond acceptors (Lipinski definition) is 2. The van der Waals surface area contributed by atoms with Crippen LogP contribution in [0.3, 0.4) is 0 Å². The third kappa shape index (κ3) is 2.59. The molecule has 5 heteroatoms. The van der Waals surface area contributed by atoms with Crippen molar-refractivity contribution in [2.45, 2.75) is 33.2 Å². The monoisotopic (exact) mass is 281 g/mol. The van der Waals surface area contributed by atoms with Gasteiger partial charge in [-0.05, 0) is 18.9 Å². The van der Waals surface area contributed by atoms with Gasteiger partial charge in [-0.1, -0.05) is 37.6 Å². The summed E-state index contributed by atoms with van der Waals surface area (Å²) < 4.78 is 15.7. The third-order valence-electron chi connectivity index (χ3n) is 3.20. The molecule has 0 radical (unpaired) electrons. The van der Waals surface area contributed by atoms with Crippen LogP contribution in [0.5, 0.6) is 0 Å². The molecule has 1 aromatic carbocycles. The Bertz CT molecular complexity index is 593. The molecule has 102 valence electrons. The van der Waals surface area contributed by atoms with Crippen molar-refractivity contribution in [3.63, 3.8) is 0 Å². The summed E-state index contributed by atoms with van der Waals surface area (Å²) in [4.78, 5) is 0. The van der Waals surface area contributed by atoms with Crippen LogP contribution in [0.15, 0.2) is 18.2 Å².